The van der Waals surface area contributed by atoms with Crippen LogP contribution in [0.1, 0.15) is 21.8 Å². The highest BCUT2D eigenvalue weighted by molar-refractivity contribution is 5.94. The van der Waals surface area contributed by atoms with Crippen molar-refractivity contribution in [1.29, 1.82) is 0 Å². The Kier molecular flexibility index (Phi) is 4.17. The number of likely N-dealkylation sites (tertiary alicyclic amines) is 1. The summed E-state index contributed by atoms with van der Waals surface area (Å²) in [7, 11) is 1.51. The van der Waals surface area contributed by atoms with Gasteiger partial charge in [-0.3, -0.25) is 4.79 Å². The Bertz CT molecular complexity index is 812. The first-order chi connectivity index (χ1) is 12.6. The van der Waals surface area contributed by atoms with E-state index in [1.165, 1.54) is 13.3 Å². The summed E-state index contributed by atoms with van der Waals surface area (Å²) in [4.78, 5) is 18.6. The molecular weight excluding hydrogens is 332 g/mol. The summed E-state index contributed by atoms with van der Waals surface area (Å²) in [5.74, 6) is 0.252. The van der Waals surface area contributed by atoms with E-state index in [-0.39, 0.29) is 30.9 Å². The van der Waals surface area contributed by atoms with E-state index in [4.69, 9.17) is 4.74 Å². The molecule has 4 atom stereocenters. The zero-order chi connectivity index (χ0) is 18.3. The van der Waals surface area contributed by atoms with E-state index in [1.807, 2.05) is 30.3 Å². The molecule has 2 aliphatic rings. The Morgan fingerprint density at radius 2 is 2.12 bits per heavy atom. The summed E-state index contributed by atoms with van der Waals surface area (Å²) >= 11 is 0. The molecule has 6 nitrogen and oxygen atoms in total. The molecule has 1 aromatic heterocycles. The average molecular weight is 354 g/mol. The van der Waals surface area contributed by atoms with Gasteiger partial charge in [0.05, 0.1) is 13.2 Å². The molecule has 0 bridgehead atoms. The van der Waals surface area contributed by atoms with Gasteiger partial charge in [-0.15, -0.1) is 0 Å². The highest BCUT2D eigenvalue weighted by atomic mass is 16.5. The fourth-order valence-corrected chi connectivity index (χ4v) is 4.56. The highest BCUT2D eigenvalue weighted by Crippen LogP contribution is 2.68. The number of β-amino-alcohol motifs (C(OH)–C–C–N with tert-alkyl or cyclic N) is 1. The maximum absolute atomic E-state index is 12.9. The van der Waals surface area contributed by atoms with Gasteiger partial charge < -0.3 is 19.8 Å². The molecule has 26 heavy (non-hydrogen) atoms. The van der Waals surface area contributed by atoms with Crippen LogP contribution in [-0.4, -0.2) is 58.9 Å². The third-order valence-corrected chi connectivity index (χ3v) is 5.87. The molecule has 1 aliphatic heterocycles. The van der Waals surface area contributed by atoms with Crippen molar-refractivity contribution in [3.63, 3.8) is 0 Å². The van der Waals surface area contributed by atoms with Gasteiger partial charge in [-0.05, 0) is 23.5 Å². The smallest absolute Gasteiger partial charge is 0.254 e. The minimum Gasteiger partial charge on any atom is -0.481 e. The lowest BCUT2D eigenvalue weighted by Gasteiger charge is -2.17. The minimum atomic E-state index is -0.655. The highest BCUT2D eigenvalue weighted by Gasteiger charge is 2.71. The summed E-state index contributed by atoms with van der Waals surface area (Å²) in [6, 6.07) is 13.2. The van der Waals surface area contributed by atoms with Crippen LogP contribution in [0.15, 0.2) is 48.7 Å². The van der Waals surface area contributed by atoms with E-state index in [0.29, 0.717) is 18.0 Å². The molecule has 2 aromatic rings. The number of methoxy groups -OCH3 is 1. The molecule has 1 spiro atoms. The average Bonchev–Trinajstić information content (AvgIpc) is 3.23. The largest absolute Gasteiger partial charge is 0.481 e. The second kappa shape index (κ2) is 6.37. The van der Waals surface area contributed by atoms with Crippen LogP contribution in [0.4, 0.5) is 0 Å². The second-order valence-electron chi connectivity index (χ2n) is 7.08. The third-order valence-electron chi connectivity index (χ3n) is 5.87. The summed E-state index contributed by atoms with van der Waals surface area (Å²) in [6.45, 7) is 0.702. The van der Waals surface area contributed by atoms with Crippen LogP contribution in [0.5, 0.6) is 5.88 Å². The number of carbonyl (C=O) groups is 1. The van der Waals surface area contributed by atoms with Gasteiger partial charge in [0.1, 0.15) is 0 Å². The number of nitrogens with zero attached hydrogens (tertiary/aromatic N) is 2. The van der Waals surface area contributed by atoms with Crippen molar-refractivity contribution >= 4 is 5.91 Å². The predicted octanol–water partition coefficient (Wildman–Crippen LogP) is 1.30. The predicted molar refractivity (Wildman–Crippen MR) is 94.9 cm³/mol. The van der Waals surface area contributed by atoms with Gasteiger partial charge in [-0.25, -0.2) is 4.98 Å². The lowest BCUT2D eigenvalue weighted by molar-refractivity contribution is 0.0763. The SMILES string of the molecule is COc1cc(C(=O)N2C[C@H](O)[C@@]3(C2)[C@H](CO)[C@H]3c2ccccc2)ccn1. The van der Waals surface area contributed by atoms with E-state index >= 15 is 0 Å². The summed E-state index contributed by atoms with van der Waals surface area (Å²) in [6.07, 6.45) is 0.881. The first-order valence-electron chi connectivity index (χ1n) is 8.75. The number of aliphatic hydroxyl groups is 2. The molecule has 1 saturated carbocycles. The molecule has 1 aromatic carbocycles. The number of rotatable bonds is 4. The molecule has 4 rings (SSSR count). The molecule has 0 unspecified atom stereocenters. The fourth-order valence-electron chi connectivity index (χ4n) is 4.56. The van der Waals surface area contributed by atoms with Crippen LogP contribution in [0.3, 0.4) is 0 Å². The fraction of sp³-hybridized carbons (Fsp3) is 0.400. The summed E-state index contributed by atoms with van der Waals surface area (Å²) < 4.78 is 5.09. The zero-order valence-corrected chi connectivity index (χ0v) is 14.6. The van der Waals surface area contributed by atoms with Crippen molar-refractivity contribution in [2.45, 2.75) is 12.0 Å². The van der Waals surface area contributed by atoms with E-state index in [0.717, 1.165) is 5.56 Å². The normalized spacial score (nSPS) is 29.8. The second-order valence-corrected chi connectivity index (χ2v) is 7.08. The Balaban J connectivity index is 1.59. The first-order valence-corrected chi connectivity index (χ1v) is 8.75. The number of amides is 1. The molecule has 1 amide bonds. The van der Waals surface area contributed by atoms with Crippen LogP contribution in [0, 0.1) is 11.3 Å². The molecule has 1 saturated heterocycles. The van der Waals surface area contributed by atoms with E-state index in [1.54, 1.807) is 17.0 Å². The quantitative estimate of drug-likeness (QED) is 0.865. The van der Waals surface area contributed by atoms with Crippen molar-refractivity contribution in [3.8, 4) is 5.88 Å². The van der Waals surface area contributed by atoms with Gasteiger partial charge in [-0.2, -0.15) is 0 Å². The van der Waals surface area contributed by atoms with Crippen molar-refractivity contribution < 1.29 is 19.7 Å². The van der Waals surface area contributed by atoms with Gasteiger partial charge in [0.25, 0.3) is 5.91 Å². The van der Waals surface area contributed by atoms with Gasteiger partial charge in [0.15, 0.2) is 0 Å². The number of aromatic nitrogens is 1. The molecule has 2 N–H and O–H groups in total. The molecule has 2 fully saturated rings. The Labute approximate surface area is 152 Å². The first kappa shape index (κ1) is 17.0. The van der Waals surface area contributed by atoms with Crippen molar-refractivity contribution in [2.75, 3.05) is 26.8 Å². The lowest BCUT2D eigenvalue weighted by Crippen LogP contribution is -2.29. The van der Waals surface area contributed by atoms with Gasteiger partial charge in [0, 0.05) is 42.9 Å². The summed E-state index contributed by atoms with van der Waals surface area (Å²) in [5, 5.41) is 20.6. The Hall–Kier alpha value is -2.44. The number of hydrogen-bond donors (Lipinski definition) is 2. The Morgan fingerprint density at radius 3 is 2.81 bits per heavy atom. The van der Waals surface area contributed by atoms with Crippen LogP contribution in [0.25, 0.3) is 0 Å². The van der Waals surface area contributed by atoms with E-state index in [2.05, 4.69) is 4.98 Å². The molecular formula is C20H22N2O4. The molecule has 2 heterocycles. The van der Waals surface area contributed by atoms with E-state index in [9.17, 15) is 15.0 Å². The maximum atomic E-state index is 12.9. The molecule has 0 radical (unpaired) electrons. The zero-order valence-electron chi connectivity index (χ0n) is 14.6. The molecule has 6 heteroatoms. The Morgan fingerprint density at radius 1 is 1.35 bits per heavy atom. The maximum Gasteiger partial charge on any atom is 0.254 e. The third kappa shape index (κ3) is 2.48. The summed E-state index contributed by atoms with van der Waals surface area (Å²) in [5.41, 5.74) is 1.12. The number of ether oxygens (including phenoxy) is 1. The van der Waals surface area contributed by atoms with Crippen LogP contribution in [0.2, 0.25) is 0 Å². The van der Waals surface area contributed by atoms with Crippen molar-refractivity contribution in [1.82, 2.24) is 9.88 Å². The van der Waals surface area contributed by atoms with Gasteiger partial charge in [0.2, 0.25) is 5.88 Å². The molecule has 136 valence electrons. The van der Waals surface area contributed by atoms with Crippen molar-refractivity contribution in [2.24, 2.45) is 11.3 Å². The lowest BCUT2D eigenvalue weighted by atomic mass is 9.95. The van der Waals surface area contributed by atoms with Crippen LogP contribution < -0.4 is 4.74 Å². The molecule has 1 aliphatic carbocycles. The number of carbonyl (C=O) groups excluding carboxylic acids is 1. The number of hydrogen-bond acceptors (Lipinski definition) is 5. The van der Waals surface area contributed by atoms with Crippen LogP contribution >= 0.6 is 0 Å². The van der Waals surface area contributed by atoms with Gasteiger partial charge in [-0.1, -0.05) is 30.3 Å². The van der Waals surface area contributed by atoms with Gasteiger partial charge >= 0.3 is 0 Å². The standard InChI is InChI=1S/C20H22N2O4/c1-26-17-9-14(7-8-21-17)19(25)22-10-16(24)20(12-22)15(11-23)18(20)13-5-3-2-4-6-13/h2-9,15-16,18,23-24H,10-12H2,1H3/t15-,16+,18-,20-/m1/s1. The topological polar surface area (TPSA) is 82.9 Å². The van der Waals surface area contributed by atoms with E-state index < -0.39 is 11.5 Å². The van der Waals surface area contributed by atoms with Crippen LogP contribution in [-0.2, 0) is 0 Å². The minimum absolute atomic E-state index is 0.00172. The number of benzene rings is 1. The number of aliphatic hydroxyl groups excluding tert-OH is 2. The van der Waals surface area contributed by atoms with Crippen molar-refractivity contribution in [3.05, 3.63) is 59.8 Å². The number of pyridine rings is 1. The monoisotopic (exact) mass is 354 g/mol.